The topological polar surface area (TPSA) is 114 Å². The standard InChI is InChI=1S/C27H18O7S/c28-25-15-21(13-14-23(25)27(29)30)35(31,32)34-20-11-9-18(10-12-20)17-5-7-19(8-6-17)24-16-33-26-4-2-1-3-22(24)26/h1-16,28H,(H,29,30). The first-order chi connectivity index (χ1) is 16.8. The second-order valence-corrected chi connectivity index (χ2v) is 9.32. The Balaban J connectivity index is 1.34. The zero-order valence-electron chi connectivity index (χ0n) is 18.1. The molecule has 0 fully saturated rings. The molecule has 174 valence electrons. The van der Waals surface area contributed by atoms with Crippen LogP contribution >= 0.6 is 0 Å². The molecule has 0 saturated carbocycles. The molecule has 0 amide bonds. The summed E-state index contributed by atoms with van der Waals surface area (Å²) in [4.78, 5) is 10.7. The van der Waals surface area contributed by atoms with Crippen LogP contribution in [-0.4, -0.2) is 24.6 Å². The fraction of sp³-hybridized carbons (Fsp3) is 0. The van der Waals surface area contributed by atoms with Gasteiger partial charge in [-0.2, -0.15) is 8.42 Å². The van der Waals surface area contributed by atoms with Gasteiger partial charge >= 0.3 is 16.1 Å². The van der Waals surface area contributed by atoms with Crippen LogP contribution in [0, 0.1) is 0 Å². The second kappa shape index (κ2) is 8.66. The Labute approximate surface area is 200 Å². The number of benzene rings is 4. The van der Waals surface area contributed by atoms with Gasteiger partial charge in [0.15, 0.2) is 0 Å². The number of hydrogen-bond donors (Lipinski definition) is 2. The third-order valence-electron chi connectivity index (χ3n) is 5.56. The predicted molar refractivity (Wildman–Crippen MR) is 130 cm³/mol. The molecular weight excluding hydrogens is 468 g/mol. The molecule has 0 aliphatic rings. The van der Waals surface area contributed by atoms with Crippen LogP contribution < -0.4 is 4.18 Å². The van der Waals surface area contributed by atoms with E-state index in [1.165, 1.54) is 12.1 Å². The third kappa shape index (κ3) is 4.34. The van der Waals surface area contributed by atoms with Crippen molar-refractivity contribution in [3.63, 3.8) is 0 Å². The lowest BCUT2D eigenvalue weighted by Crippen LogP contribution is -2.10. The quantitative estimate of drug-likeness (QED) is 0.286. The van der Waals surface area contributed by atoms with Crippen molar-refractivity contribution in [2.24, 2.45) is 0 Å². The summed E-state index contributed by atoms with van der Waals surface area (Å²) in [5.41, 5.74) is 4.24. The number of phenols is 1. The fourth-order valence-corrected chi connectivity index (χ4v) is 4.72. The van der Waals surface area contributed by atoms with E-state index in [2.05, 4.69) is 0 Å². The Hall–Kier alpha value is -4.56. The molecule has 7 nitrogen and oxygen atoms in total. The maximum atomic E-state index is 12.5. The first kappa shape index (κ1) is 22.2. The predicted octanol–water partition coefficient (Wildman–Crippen LogP) is 5.94. The summed E-state index contributed by atoms with van der Waals surface area (Å²) < 4.78 is 35.9. The molecule has 8 heteroatoms. The molecule has 0 aliphatic heterocycles. The van der Waals surface area contributed by atoms with E-state index in [-0.39, 0.29) is 10.6 Å². The van der Waals surface area contributed by atoms with Crippen LogP contribution in [0.5, 0.6) is 11.5 Å². The molecule has 35 heavy (non-hydrogen) atoms. The van der Waals surface area contributed by atoms with Gasteiger partial charge < -0.3 is 18.8 Å². The van der Waals surface area contributed by atoms with Crippen molar-refractivity contribution in [3.05, 3.63) is 103 Å². The molecular formula is C27H18O7S. The molecule has 4 aromatic carbocycles. The van der Waals surface area contributed by atoms with Crippen LogP contribution in [0.15, 0.2) is 107 Å². The molecule has 1 aromatic heterocycles. The van der Waals surface area contributed by atoms with E-state index in [0.717, 1.165) is 51.4 Å². The van der Waals surface area contributed by atoms with E-state index in [4.69, 9.17) is 13.7 Å². The first-order valence-electron chi connectivity index (χ1n) is 10.5. The Morgan fingerprint density at radius 2 is 1.43 bits per heavy atom. The molecule has 5 aromatic rings. The maximum Gasteiger partial charge on any atom is 0.339 e. The average molecular weight is 487 g/mol. The smallest absolute Gasteiger partial charge is 0.339 e. The molecule has 0 aliphatic carbocycles. The largest absolute Gasteiger partial charge is 0.507 e. The maximum absolute atomic E-state index is 12.5. The van der Waals surface area contributed by atoms with Gasteiger partial charge in [-0.05, 0) is 47.0 Å². The zero-order chi connectivity index (χ0) is 24.6. The van der Waals surface area contributed by atoms with Crippen molar-refractivity contribution in [2.45, 2.75) is 4.90 Å². The molecule has 2 N–H and O–H groups in total. The molecule has 1 heterocycles. The van der Waals surface area contributed by atoms with Crippen LogP contribution in [0.3, 0.4) is 0 Å². The molecule has 0 bridgehead atoms. The second-order valence-electron chi connectivity index (χ2n) is 7.77. The van der Waals surface area contributed by atoms with Crippen molar-refractivity contribution in [2.75, 3.05) is 0 Å². The molecule has 5 rings (SSSR count). The number of carboxylic acids is 1. The van der Waals surface area contributed by atoms with E-state index in [1.807, 2.05) is 48.5 Å². The molecule has 0 radical (unpaired) electrons. The number of para-hydroxylation sites is 1. The number of furan rings is 1. The van der Waals surface area contributed by atoms with Gasteiger partial charge in [-0.15, -0.1) is 0 Å². The van der Waals surface area contributed by atoms with Crippen LogP contribution in [0.2, 0.25) is 0 Å². The Bertz CT molecular complexity index is 1650. The third-order valence-corrected chi connectivity index (χ3v) is 6.80. The minimum atomic E-state index is -4.27. The summed E-state index contributed by atoms with van der Waals surface area (Å²) in [5, 5.41) is 19.8. The number of aromatic hydroxyl groups is 1. The van der Waals surface area contributed by atoms with Crippen molar-refractivity contribution >= 4 is 27.1 Å². The van der Waals surface area contributed by atoms with Gasteiger partial charge in [-0.1, -0.05) is 54.6 Å². The number of carboxylic acid groups (broad SMARTS) is 1. The summed E-state index contributed by atoms with van der Waals surface area (Å²) >= 11 is 0. The Morgan fingerprint density at radius 3 is 2.09 bits per heavy atom. The average Bonchev–Trinajstić information content (AvgIpc) is 3.28. The number of rotatable bonds is 6. The molecule has 0 atom stereocenters. The van der Waals surface area contributed by atoms with E-state index in [1.54, 1.807) is 18.4 Å². The molecule has 0 saturated heterocycles. The van der Waals surface area contributed by atoms with Gasteiger partial charge in [0, 0.05) is 17.0 Å². The van der Waals surface area contributed by atoms with Gasteiger partial charge in [0.1, 0.15) is 27.5 Å². The SMILES string of the molecule is O=C(O)c1ccc(S(=O)(=O)Oc2ccc(-c3ccc(-c4coc5ccccc45)cc3)cc2)cc1O. The molecule has 0 spiro atoms. The van der Waals surface area contributed by atoms with Gasteiger partial charge in [0.05, 0.1) is 6.26 Å². The van der Waals surface area contributed by atoms with Crippen LogP contribution in [-0.2, 0) is 10.1 Å². The van der Waals surface area contributed by atoms with Crippen LogP contribution in [0.4, 0.5) is 0 Å². The number of fused-ring (bicyclic) bond motifs is 1. The highest BCUT2D eigenvalue weighted by Gasteiger charge is 2.20. The van der Waals surface area contributed by atoms with Gasteiger partial charge in [-0.25, -0.2) is 4.79 Å². The van der Waals surface area contributed by atoms with Crippen molar-refractivity contribution < 1.29 is 32.0 Å². The monoisotopic (exact) mass is 486 g/mol. The summed E-state index contributed by atoms with van der Waals surface area (Å²) in [5.74, 6) is -1.95. The lowest BCUT2D eigenvalue weighted by Gasteiger charge is -2.09. The van der Waals surface area contributed by atoms with Crippen molar-refractivity contribution in [1.82, 2.24) is 0 Å². The van der Waals surface area contributed by atoms with Gasteiger partial charge in [-0.3, -0.25) is 0 Å². The fourth-order valence-electron chi connectivity index (χ4n) is 3.77. The van der Waals surface area contributed by atoms with E-state index in [9.17, 15) is 18.3 Å². The lowest BCUT2D eigenvalue weighted by atomic mass is 10.00. The summed E-state index contributed by atoms with van der Waals surface area (Å²) in [7, 11) is -4.27. The summed E-state index contributed by atoms with van der Waals surface area (Å²) in [6.07, 6.45) is 1.74. The highest BCUT2D eigenvalue weighted by Crippen LogP contribution is 2.32. The van der Waals surface area contributed by atoms with E-state index < -0.39 is 27.4 Å². The normalized spacial score (nSPS) is 11.4. The van der Waals surface area contributed by atoms with E-state index >= 15 is 0 Å². The van der Waals surface area contributed by atoms with Crippen molar-refractivity contribution in [1.29, 1.82) is 0 Å². The van der Waals surface area contributed by atoms with E-state index in [0.29, 0.717) is 0 Å². The van der Waals surface area contributed by atoms with Crippen molar-refractivity contribution in [3.8, 4) is 33.8 Å². The Kier molecular flexibility index (Phi) is 5.50. The number of aromatic carboxylic acids is 1. The lowest BCUT2D eigenvalue weighted by molar-refractivity contribution is 0.0693. The van der Waals surface area contributed by atoms with Crippen LogP contribution in [0.1, 0.15) is 10.4 Å². The first-order valence-corrected chi connectivity index (χ1v) is 11.9. The summed E-state index contributed by atoms with van der Waals surface area (Å²) in [6.45, 7) is 0. The highest BCUT2D eigenvalue weighted by molar-refractivity contribution is 7.87. The minimum Gasteiger partial charge on any atom is -0.507 e. The highest BCUT2D eigenvalue weighted by atomic mass is 32.2. The van der Waals surface area contributed by atoms with Gasteiger partial charge in [0.25, 0.3) is 0 Å². The number of carbonyl (C=O) groups is 1. The van der Waals surface area contributed by atoms with Gasteiger partial charge in [0.2, 0.25) is 0 Å². The zero-order valence-corrected chi connectivity index (χ0v) is 18.9. The number of hydrogen-bond acceptors (Lipinski definition) is 6. The summed E-state index contributed by atoms with van der Waals surface area (Å²) in [6, 6.07) is 25.2. The Morgan fingerprint density at radius 1 is 0.800 bits per heavy atom. The van der Waals surface area contributed by atoms with Crippen LogP contribution in [0.25, 0.3) is 33.2 Å². The molecule has 0 unspecified atom stereocenters. The minimum absolute atomic E-state index is 0.0806.